The van der Waals surface area contributed by atoms with Gasteiger partial charge in [0.05, 0.1) is 32.0 Å². The van der Waals surface area contributed by atoms with Gasteiger partial charge in [-0.15, -0.1) is 24.0 Å². The minimum Gasteiger partial charge on any atom is -0.490 e. The third-order valence-electron chi connectivity index (χ3n) is 5.96. The number of hydrogen-bond acceptors (Lipinski definition) is 4. The highest BCUT2D eigenvalue weighted by atomic mass is 127. The van der Waals surface area contributed by atoms with E-state index in [-0.39, 0.29) is 30.1 Å². The first-order valence-electron chi connectivity index (χ1n) is 11.6. The lowest BCUT2D eigenvalue weighted by Crippen LogP contribution is -2.48. The van der Waals surface area contributed by atoms with Crippen LogP contribution in [-0.4, -0.2) is 53.0 Å². The quantitative estimate of drug-likeness (QED) is 0.329. The maximum atomic E-state index is 6.23. The Balaban J connectivity index is 0.00000289. The molecule has 1 aliphatic heterocycles. The van der Waals surface area contributed by atoms with Crippen LogP contribution in [0.3, 0.4) is 0 Å². The molecule has 1 saturated carbocycles. The first-order valence-corrected chi connectivity index (χ1v) is 11.6. The summed E-state index contributed by atoms with van der Waals surface area (Å²) in [6, 6.07) is 8.40. The Hall–Kier alpha value is -1.81. The molecule has 2 fully saturated rings. The predicted octanol–water partition coefficient (Wildman–Crippen LogP) is 4.29. The fraction of sp³-hybridized carbons (Fsp3) is 0.583. The van der Waals surface area contributed by atoms with E-state index in [1.807, 2.05) is 24.1 Å². The van der Waals surface area contributed by atoms with Crippen molar-refractivity contribution in [3.05, 3.63) is 47.8 Å². The third kappa shape index (κ3) is 6.84. The average Bonchev–Trinajstić information content (AvgIpc) is 3.24. The minimum absolute atomic E-state index is 0. The smallest absolute Gasteiger partial charge is 0.194 e. The fourth-order valence-electron chi connectivity index (χ4n) is 4.33. The molecule has 176 valence electrons. The van der Waals surface area contributed by atoms with Gasteiger partial charge in [-0.3, -0.25) is 4.68 Å². The summed E-state index contributed by atoms with van der Waals surface area (Å²) in [7, 11) is 1.93. The van der Waals surface area contributed by atoms with Crippen LogP contribution in [-0.2, 0) is 18.3 Å². The lowest BCUT2D eigenvalue weighted by atomic mass is 9.98. The van der Waals surface area contributed by atoms with Crippen LogP contribution in [0.2, 0.25) is 0 Å². The number of halogens is 1. The first kappa shape index (κ1) is 24.8. The van der Waals surface area contributed by atoms with Gasteiger partial charge in [-0.2, -0.15) is 5.10 Å². The number of aryl methyl sites for hydroxylation is 1. The normalized spacial score (nSPS) is 20.0. The number of nitrogens with zero attached hydrogens (tertiary/aromatic N) is 4. The standard InChI is InChI=1S/C24H35N5O2.HI/c1-3-25-24(29-12-13-30-23(18-29)20-16-27-28(2)17-20)26-15-19-8-7-11-22(14-19)31-21-9-5-4-6-10-21;/h7-8,11,14,16-17,21,23H,3-6,9-10,12-13,15,18H2,1-2H3,(H,25,26);1H. The number of benzene rings is 1. The van der Waals surface area contributed by atoms with Gasteiger partial charge in [0.15, 0.2) is 5.96 Å². The third-order valence-corrected chi connectivity index (χ3v) is 5.96. The lowest BCUT2D eigenvalue weighted by Gasteiger charge is -2.34. The van der Waals surface area contributed by atoms with E-state index in [1.54, 1.807) is 0 Å². The van der Waals surface area contributed by atoms with Crippen LogP contribution in [0, 0.1) is 0 Å². The molecule has 0 radical (unpaired) electrons. The maximum absolute atomic E-state index is 6.23. The second-order valence-electron chi connectivity index (χ2n) is 8.45. The molecule has 8 heteroatoms. The predicted molar refractivity (Wildman–Crippen MR) is 138 cm³/mol. The number of ether oxygens (including phenoxy) is 2. The maximum Gasteiger partial charge on any atom is 0.194 e. The summed E-state index contributed by atoms with van der Waals surface area (Å²) in [4.78, 5) is 7.21. The molecule has 2 heterocycles. The summed E-state index contributed by atoms with van der Waals surface area (Å²) < 4.78 is 14.0. The molecular weight excluding hydrogens is 517 g/mol. The number of nitrogens with one attached hydrogen (secondary N) is 1. The summed E-state index contributed by atoms with van der Waals surface area (Å²) in [6.45, 7) is 5.83. The van der Waals surface area contributed by atoms with Gasteiger partial charge in [-0.25, -0.2) is 4.99 Å². The summed E-state index contributed by atoms with van der Waals surface area (Å²) in [5, 5.41) is 7.73. The molecule has 1 aliphatic carbocycles. The van der Waals surface area contributed by atoms with Crippen molar-refractivity contribution in [3.8, 4) is 5.75 Å². The molecule has 2 aliphatic rings. The van der Waals surface area contributed by atoms with Crippen molar-refractivity contribution < 1.29 is 9.47 Å². The number of aromatic nitrogens is 2. The van der Waals surface area contributed by atoms with Gasteiger partial charge < -0.3 is 19.7 Å². The topological polar surface area (TPSA) is 63.9 Å². The molecule has 1 saturated heterocycles. The Bertz CT molecular complexity index is 866. The second kappa shape index (κ2) is 12.4. The van der Waals surface area contributed by atoms with E-state index >= 15 is 0 Å². The zero-order valence-electron chi connectivity index (χ0n) is 19.2. The highest BCUT2D eigenvalue weighted by Gasteiger charge is 2.25. The van der Waals surface area contributed by atoms with Crippen molar-refractivity contribution >= 4 is 29.9 Å². The van der Waals surface area contributed by atoms with Gasteiger partial charge in [0.25, 0.3) is 0 Å². The van der Waals surface area contributed by atoms with Gasteiger partial charge in [0, 0.05) is 31.9 Å². The van der Waals surface area contributed by atoms with Crippen LogP contribution in [0.25, 0.3) is 0 Å². The van der Waals surface area contributed by atoms with E-state index < -0.39 is 0 Å². The number of guanidine groups is 1. The number of hydrogen-bond donors (Lipinski definition) is 1. The highest BCUT2D eigenvalue weighted by Crippen LogP contribution is 2.25. The zero-order valence-corrected chi connectivity index (χ0v) is 21.5. The molecule has 0 spiro atoms. The molecule has 2 aromatic rings. The van der Waals surface area contributed by atoms with Crippen molar-refractivity contribution in [2.45, 2.75) is 57.8 Å². The van der Waals surface area contributed by atoms with Crippen molar-refractivity contribution in [2.24, 2.45) is 12.0 Å². The van der Waals surface area contributed by atoms with Gasteiger partial charge in [-0.1, -0.05) is 18.6 Å². The zero-order chi connectivity index (χ0) is 21.5. The van der Waals surface area contributed by atoms with Gasteiger partial charge in [-0.05, 0) is 50.3 Å². The molecule has 1 aromatic carbocycles. The number of aliphatic imine (C=N–C) groups is 1. The van der Waals surface area contributed by atoms with Crippen LogP contribution in [0.15, 0.2) is 41.7 Å². The van der Waals surface area contributed by atoms with Crippen LogP contribution >= 0.6 is 24.0 Å². The van der Waals surface area contributed by atoms with Crippen LogP contribution in [0.4, 0.5) is 0 Å². The number of morpholine rings is 1. The van der Waals surface area contributed by atoms with Gasteiger partial charge in [0.1, 0.15) is 11.9 Å². The Morgan fingerprint density at radius 3 is 2.88 bits per heavy atom. The van der Waals surface area contributed by atoms with Crippen LogP contribution < -0.4 is 10.1 Å². The van der Waals surface area contributed by atoms with Crippen LogP contribution in [0.1, 0.15) is 56.3 Å². The molecule has 7 nitrogen and oxygen atoms in total. The van der Waals surface area contributed by atoms with E-state index in [1.165, 1.54) is 37.7 Å². The van der Waals surface area contributed by atoms with E-state index in [4.69, 9.17) is 14.5 Å². The van der Waals surface area contributed by atoms with Crippen molar-refractivity contribution in [2.75, 3.05) is 26.2 Å². The molecule has 1 unspecified atom stereocenters. The average molecular weight is 553 g/mol. The molecule has 1 N–H and O–H groups in total. The molecule has 0 bridgehead atoms. The SMILES string of the molecule is CCNC(=NCc1cccc(OC2CCCCC2)c1)N1CCOC(c2cnn(C)c2)C1.I. The Morgan fingerprint density at radius 2 is 2.12 bits per heavy atom. The summed E-state index contributed by atoms with van der Waals surface area (Å²) in [5.74, 6) is 1.89. The van der Waals surface area contributed by atoms with Crippen molar-refractivity contribution in [3.63, 3.8) is 0 Å². The second-order valence-corrected chi connectivity index (χ2v) is 8.45. The van der Waals surface area contributed by atoms with Gasteiger partial charge in [0.2, 0.25) is 0 Å². The molecule has 0 amide bonds. The first-order chi connectivity index (χ1) is 15.2. The van der Waals surface area contributed by atoms with E-state index in [0.29, 0.717) is 19.3 Å². The Kier molecular flexibility index (Phi) is 9.65. The van der Waals surface area contributed by atoms with Crippen molar-refractivity contribution in [1.82, 2.24) is 20.0 Å². The molecular formula is C24H36IN5O2. The van der Waals surface area contributed by atoms with Crippen molar-refractivity contribution in [1.29, 1.82) is 0 Å². The molecule has 1 atom stereocenters. The van der Waals surface area contributed by atoms with Gasteiger partial charge >= 0.3 is 0 Å². The largest absolute Gasteiger partial charge is 0.490 e. The monoisotopic (exact) mass is 553 g/mol. The number of rotatable bonds is 6. The highest BCUT2D eigenvalue weighted by molar-refractivity contribution is 14.0. The summed E-state index contributed by atoms with van der Waals surface area (Å²) in [5.41, 5.74) is 2.27. The lowest BCUT2D eigenvalue weighted by molar-refractivity contribution is -0.00805. The van der Waals surface area contributed by atoms with E-state index in [0.717, 1.165) is 36.9 Å². The Morgan fingerprint density at radius 1 is 1.28 bits per heavy atom. The molecule has 32 heavy (non-hydrogen) atoms. The van der Waals surface area contributed by atoms with Crippen LogP contribution in [0.5, 0.6) is 5.75 Å². The molecule has 1 aromatic heterocycles. The van der Waals surface area contributed by atoms with E-state index in [2.05, 4.69) is 46.5 Å². The molecule has 4 rings (SSSR count). The summed E-state index contributed by atoms with van der Waals surface area (Å²) >= 11 is 0. The summed E-state index contributed by atoms with van der Waals surface area (Å²) in [6.07, 6.45) is 10.5. The minimum atomic E-state index is 0. The van der Waals surface area contributed by atoms with E-state index in [9.17, 15) is 0 Å². The fourth-order valence-corrected chi connectivity index (χ4v) is 4.33. The Labute approximate surface area is 208 Å².